The first-order chi connectivity index (χ1) is 36.1. The zero-order valence-corrected chi connectivity index (χ0v) is 49.4. The second-order valence-corrected chi connectivity index (χ2v) is 23.8. The van der Waals surface area contributed by atoms with Gasteiger partial charge in [0.05, 0.1) is 0 Å². The van der Waals surface area contributed by atoms with Gasteiger partial charge in [0.25, 0.3) is 0 Å². The van der Waals surface area contributed by atoms with E-state index in [1.165, 1.54) is 116 Å². The number of nitrogens with one attached hydrogen (secondary N) is 1. The Morgan fingerprint density at radius 1 is 0.453 bits per heavy atom. The number of hydrogen-bond donors (Lipinski definition) is 6. The number of aliphatic carboxylic acids is 3. The molecule has 438 valence electrons. The summed E-state index contributed by atoms with van der Waals surface area (Å²) >= 11 is 0. The van der Waals surface area contributed by atoms with Crippen LogP contribution in [0, 0.1) is 0 Å². The van der Waals surface area contributed by atoms with Crippen molar-refractivity contribution in [2.45, 2.75) is 314 Å². The molecule has 7 N–H and O–H groups in total. The van der Waals surface area contributed by atoms with E-state index in [9.17, 15) is 48.9 Å². The minimum atomic E-state index is -2.21. The van der Waals surface area contributed by atoms with E-state index in [1.54, 1.807) is 0 Å². The van der Waals surface area contributed by atoms with Crippen LogP contribution in [0.15, 0.2) is 0 Å². The van der Waals surface area contributed by atoms with E-state index in [0.29, 0.717) is 25.7 Å². The molecule has 1 aliphatic rings. The fraction of sp³-hybridized carbons (Fsp3) is 0.881. The molecule has 14 nitrogen and oxygen atoms in total. The summed E-state index contributed by atoms with van der Waals surface area (Å²) in [7, 11) is 2.24. The first-order valence-electron chi connectivity index (χ1n) is 30.2. The Balaban J connectivity index is 0.00000153. The van der Waals surface area contributed by atoms with Crippen molar-refractivity contribution in [1.29, 1.82) is 0 Å². The number of nitrogens with zero attached hydrogens (tertiary/aromatic N) is 1. The highest BCUT2D eigenvalue weighted by atomic mass is 33.1. The SMILES string of the molecule is CCCCCCCC(=O)N(C(=O)CCCCCCC)[C@@H](CSSCC(N)C(=O)O)C(=O)O.CCCCCCCCCCCCCCCC(=O)C1(O)CCN[C@@]1(C(=O)O)C(=O)CCCCCCCCCCCCCCC. The van der Waals surface area contributed by atoms with Gasteiger partial charge >= 0.3 is 17.9 Å². The molecular formula is C59H109N3O11S2. The van der Waals surface area contributed by atoms with Crippen LogP contribution in [0.2, 0.25) is 0 Å². The van der Waals surface area contributed by atoms with Gasteiger partial charge in [0.1, 0.15) is 12.1 Å². The summed E-state index contributed by atoms with van der Waals surface area (Å²) < 4.78 is 0. The largest absolute Gasteiger partial charge is 0.480 e. The van der Waals surface area contributed by atoms with Crippen LogP contribution in [0.1, 0.15) is 291 Å². The van der Waals surface area contributed by atoms with E-state index in [-0.39, 0.29) is 50.2 Å². The Morgan fingerprint density at radius 2 is 0.760 bits per heavy atom. The Kier molecular flexibility index (Phi) is 45.9. The van der Waals surface area contributed by atoms with E-state index in [1.807, 2.05) is 0 Å². The molecule has 0 saturated carbocycles. The number of Topliss-reactive ketones (excluding diaryl/α,β-unsaturated/α-hetero) is 2. The van der Waals surface area contributed by atoms with E-state index in [2.05, 4.69) is 33.0 Å². The maximum Gasteiger partial charge on any atom is 0.335 e. The van der Waals surface area contributed by atoms with Gasteiger partial charge in [-0.2, -0.15) is 0 Å². The van der Waals surface area contributed by atoms with E-state index < -0.39 is 64.5 Å². The third-order valence-electron chi connectivity index (χ3n) is 14.7. The maximum absolute atomic E-state index is 13.3. The third-order valence-corrected chi connectivity index (χ3v) is 17.1. The Bertz CT molecular complexity index is 1510. The maximum atomic E-state index is 13.3. The van der Waals surface area contributed by atoms with Crippen molar-refractivity contribution in [1.82, 2.24) is 10.2 Å². The number of rotatable bonds is 51. The molecule has 2 unspecified atom stereocenters. The van der Waals surface area contributed by atoms with Gasteiger partial charge in [-0.1, -0.05) is 255 Å². The van der Waals surface area contributed by atoms with Crippen LogP contribution < -0.4 is 11.1 Å². The van der Waals surface area contributed by atoms with Gasteiger partial charge in [0, 0.05) is 37.2 Å². The standard InChI is InChI=1S/C37H69NO5.C22H40N2O6S2/c1-3-5-7-9-11-13-15-17-19-21-23-25-27-29-33(39)36(43)31-32-38-37(36,35(41)42)34(40)30-28-26-24-22-20-18-16-14-12-10-8-6-4-2;1-3-5-7-9-11-13-19(25)24(20(26)14-12-10-8-6-4-2)18(22(29)30)16-32-31-15-17(23)21(27)28/h38,43H,3-32H2,1-2H3,(H,41,42);17-18H,3-16,23H2,1-2H3,(H,27,28)(H,29,30)/t36?,37-;17?,18-/m10/s1. The van der Waals surface area contributed by atoms with Gasteiger partial charge < -0.3 is 26.2 Å². The zero-order valence-electron chi connectivity index (χ0n) is 47.8. The molecule has 0 aliphatic carbocycles. The Labute approximate surface area is 463 Å². The van der Waals surface area contributed by atoms with Crippen molar-refractivity contribution in [2.24, 2.45) is 5.73 Å². The number of ketones is 2. The summed E-state index contributed by atoms with van der Waals surface area (Å²) in [6.07, 6.45) is 40.7. The van der Waals surface area contributed by atoms with Gasteiger partial charge in [-0.05, 0) is 38.6 Å². The smallest absolute Gasteiger partial charge is 0.335 e. The minimum absolute atomic E-state index is 0.0184. The number of imide groups is 1. The third kappa shape index (κ3) is 32.2. The molecule has 75 heavy (non-hydrogen) atoms. The highest BCUT2D eigenvalue weighted by Gasteiger charge is 2.66. The normalized spacial score (nSPS) is 17.0. The molecule has 0 spiro atoms. The van der Waals surface area contributed by atoms with Crippen molar-refractivity contribution >= 4 is 62.9 Å². The second kappa shape index (κ2) is 47.5. The molecule has 0 bridgehead atoms. The molecule has 0 radical (unpaired) electrons. The number of carbonyl (C=O) groups excluding carboxylic acids is 4. The van der Waals surface area contributed by atoms with Gasteiger partial charge in [0.2, 0.25) is 17.4 Å². The number of unbranched alkanes of at least 4 members (excludes halogenated alkanes) is 32. The van der Waals surface area contributed by atoms with E-state index >= 15 is 0 Å². The number of amides is 2. The van der Waals surface area contributed by atoms with Crippen molar-refractivity contribution in [3.63, 3.8) is 0 Å². The summed E-state index contributed by atoms with van der Waals surface area (Å²) in [6, 6.07) is -2.33. The van der Waals surface area contributed by atoms with Crippen molar-refractivity contribution in [2.75, 3.05) is 18.1 Å². The average Bonchev–Trinajstić information content (AvgIpc) is 3.76. The van der Waals surface area contributed by atoms with Crippen molar-refractivity contribution in [3.8, 4) is 0 Å². The first kappa shape index (κ1) is 72.5. The topological polar surface area (TPSA) is 242 Å². The molecule has 1 aliphatic heterocycles. The van der Waals surface area contributed by atoms with Crippen LogP contribution in [-0.2, 0) is 33.6 Å². The van der Waals surface area contributed by atoms with Gasteiger partial charge in [-0.25, -0.2) is 9.59 Å². The van der Waals surface area contributed by atoms with Gasteiger partial charge in [0.15, 0.2) is 17.2 Å². The predicted molar refractivity (Wildman–Crippen MR) is 309 cm³/mol. The fourth-order valence-corrected chi connectivity index (χ4v) is 12.2. The molecule has 16 heteroatoms. The Morgan fingerprint density at radius 3 is 1.08 bits per heavy atom. The number of carbonyl (C=O) groups is 7. The first-order valence-corrected chi connectivity index (χ1v) is 32.7. The number of carboxylic acids is 3. The molecule has 0 aromatic carbocycles. The highest BCUT2D eigenvalue weighted by molar-refractivity contribution is 8.76. The number of hydrogen-bond acceptors (Lipinski definition) is 12. The van der Waals surface area contributed by atoms with Crippen molar-refractivity contribution in [3.05, 3.63) is 0 Å². The van der Waals surface area contributed by atoms with Crippen LogP contribution in [0.5, 0.6) is 0 Å². The molecule has 0 aromatic heterocycles. The summed E-state index contributed by atoms with van der Waals surface area (Å²) in [5, 5.41) is 42.8. The molecule has 1 rings (SSSR count). The molecule has 0 aromatic rings. The monoisotopic (exact) mass is 1100 g/mol. The van der Waals surface area contributed by atoms with Gasteiger partial charge in [-0.15, -0.1) is 0 Å². The van der Waals surface area contributed by atoms with Crippen LogP contribution in [0.25, 0.3) is 0 Å². The molecule has 4 atom stereocenters. The lowest BCUT2D eigenvalue weighted by atomic mass is 9.72. The number of carboxylic acid groups (broad SMARTS) is 3. The van der Waals surface area contributed by atoms with Crippen LogP contribution >= 0.6 is 21.6 Å². The molecule has 1 fully saturated rings. The fourth-order valence-electron chi connectivity index (χ4n) is 9.86. The summed E-state index contributed by atoms with van der Waals surface area (Å²) in [5.74, 6) is -5.65. The van der Waals surface area contributed by atoms with E-state index in [4.69, 9.17) is 10.8 Å². The second-order valence-electron chi connectivity index (χ2n) is 21.3. The highest BCUT2D eigenvalue weighted by Crippen LogP contribution is 2.37. The lowest BCUT2D eigenvalue weighted by Gasteiger charge is -2.36. The molecule has 2 amide bonds. The quantitative estimate of drug-likeness (QED) is 0.0189. The summed E-state index contributed by atoms with van der Waals surface area (Å²) in [6.45, 7) is 8.84. The van der Waals surface area contributed by atoms with Gasteiger partial charge in [-0.3, -0.25) is 34.2 Å². The number of aliphatic hydroxyl groups is 1. The molecule has 1 heterocycles. The lowest BCUT2D eigenvalue weighted by molar-refractivity contribution is -0.168. The van der Waals surface area contributed by atoms with E-state index in [0.717, 1.165) is 116 Å². The molecular weight excluding hydrogens is 991 g/mol. The van der Waals surface area contributed by atoms with Crippen LogP contribution in [0.4, 0.5) is 0 Å². The lowest BCUT2D eigenvalue weighted by Crippen LogP contribution is -2.69. The predicted octanol–water partition coefficient (Wildman–Crippen LogP) is 13.9. The minimum Gasteiger partial charge on any atom is -0.480 e. The summed E-state index contributed by atoms with van der Waals surface area (Å²) in [5.41, 5.74) is 1.09. The molecule has 1 saturated heterocycles. The van der Waals surface area contributed by atoms with Crippen LogP contribution in [-0.4, -0.2) is 108 Å². The zero-order chi connectivity index (χ0) is 56.0. The summed E-state index contributed by atoms with van der Waals surface area (Å²) in [4.78, 5) is 88.2. The van der Waals surface area contributed by atoms with Crippen LogP contribution in [0.3, 0.4) is 0 Å². The average molecular weight is 1100 g/mol. The Hall–Kier alpha value is -2.53. The van der Waals surface area contributed by atoms with Crippen molar-refractivity contribution < 1.29 is 54.0 Å². The number of nitrogens with two attached hydrogens (primary N) is 1.